The first kappa shape index (κ1) is 17.4. The maximum Gasteiger partial charge on any atom is 0.251 e. The first-order chi connectivity index (χ1) is 11.0. The summed E-state index contributed by atoms with van der Waals surface area (Å²) < 4.78 is 0.691. The summed E-state index contributed by atoms with van der Waals surface area (Å²) in [6.07, 6.45) is 1.01. The average Bonchev–Trinajstić information content (AvgIpc) is 2.84. The zero-order chi connectivity index (χ0) is 16.8. The number of rotatable bonds is 6. The van der Waals surface area contributed by atoms with Crippen molar-refractivity contribution in [3.8, 4) is 0 Å². The number of aromatic amines is 1. The molecule has 3 N–H and O–H groups in total. The number of amides is 2. The van der Waals surface area contributed by atoms with E-state index < -0.39 is 0 Å². The smallest absolute Gasteiger partial charge is 0.251 e. The van der Waals surface area contributed by atoms with Gasteiger partial charge in [0.25, 0.3) is 5.91 Å². The van der Waals surface area contributed by atoms with Crippen molar-refractivity contribution in [3.63, 3.8) is 0 Å². The number of aryl methyl sites for hydroxylation is 1. The van der Waals surface area contributed by atoms with Crippen molar-refractivity contribution < 1.29 is 9.59 Å². The van der Waals surface area contributed by atoms with Crippen molar-refractivity contribution in [3.05, 3.63) is 49.9 Å². The van der Waals surface area contributed by atoms with Crippen LogP contribution in [0.25, 0.3) is 0 Å². The topological polar surface area (TPSA) is 74.0 Å². The van der Waals surface area contributed by atoms with Gasteiger partial charge in [0.15, 0.2) is 3.95 Å². The molecule has 1 aromatic carbocycles. The number of H-pyrrole nitrogens is 1. The van der Waals surface area contributed by atoms with E-state index in [0.29, 0.717) is 28.9 Å². The highest BCUT2D eigenvalue weighted by Gasteiger charge is 2.09. The van der Waals surface area contributed by atoms with Crippen LogP contribution in [0.1, 0.15) is 26.5 Å². The normalized spacial score (nSPS) is 10.3. The van der Waals surface area contributed by atoms with Crippen molar-refractivity contribution in [1.82, 2.24) is 15.6 Å². The molecule has 1 heterocycles. The quantitative estimate of drug-likeness (QED) is 0.701. The molecule has 7 heteroatoms. The number of thiazole rings is 1. The number of aromatic nitrogens is 1. The van der Waals surface area contributed by atoms with Crippen molar-refractivity contribution in [2.24, 2.45) is 0 Å². The fourth-order valence-electron chi connectivity index (χ4n) is 2.17. The molecule has 5 nitrogen and oxygen atoms in total. The van der Waals surface area contributed by atoms with Gasteiger partial charge in [-0.2, -0.15) is 0 Å². The molecule has 122 valence electrons. The minimum absolute atomic E-state index is 0.0270. The molecule has 2 aromatic rings. The van der Waals surface area contributed by atoms with Crippen LogP contribution in [0.5, 0.6) is 0 Å². The number of benzene rings is 1. The largest absolute Gasteiger partial charge is 0.355 e. The van der Waals surface area contributed by atoms with Crippen LogP contribution >= 0.6 is 23.6 Å². The molecule has 1 aromatic heterocycles. The van der Waals surface area contributed by atoms with Gasteiger partial charge in [0.1, 0.15) is 0 Å². The van der Waals surface area contributed by atoms with Gasteiger partial charge in [0.05, 0.1) is 6.42 Å². The van der Waals surface area contributed by atoms with Gasteiger partial charge in [-0.25, -0.2) is 0 Å². The van der Waals surface area contributed by atoms with E-state index in [1.807, 2.05) is 25.1 Å². The Hall–Kier alpha value is -1.99. The summed E-state index contributed by atoms with van der Waals surface area (Å²) in [5.74, 6) is -0.138. The second-order valence-corrected chi connectivity index (χ2v) is 6.89. The first-order valence-corrected chi connectivity index (χ1v) is 8.48. The monoisotopic (exact) mass is 349 g/mol. The number of nitrogens with one attached hydrogen (secondary N) is 3. The predicted molar refractivity (Wildman–Crippen MR) is 94.5 cm³/mol. The summed E-state index contributed by atoms with van der Waals surface area (Å²) in [5.41, 5.74) is 2.59. The highest BCUT2D eigenvalue weighted by molar-refractivity contribution is 7.73. The zero-order valence-corrected chi connectivity index (χ0v) is 14.7. The number of hydrogen-bond donors (Lipinski definition) is 3. The van der Waals surface area contributed by atoms with E-state index in [2.05, 4.69) is 15.6 Å². The Bertz CT molecular complexity index is 765. The Balaban J connectivity index is 1.85. The van der Waals surface area contributed by atoms with Gasteiger partial charge in [-0.3, -0.25) is 9.59 Å². The van der Waals surface area contributed by atoms with Gasteiger partial charge in [-0.15, -0.1) is 11.3 Å². The van der Waals surface area contributed by atoms with Crippen molar-refractivity contribution >= 4 is 35.4 Å². The van der Waals surface area contributed by atoms with Crippen LogP contribution in [-0.2, 0) is 17.6 Å². The lowest BCUT2D eigenvalue weighted by molar-refractivity contribution is -0.120. The van der Waals surface area contributed by atoms with Gasteiger partial charge >= 0.3 is 0 Å². The Morgan fingerprint density at radius 3 is 2.78 bits per heavy atom. The van der Waals surface area contributed by atoms with Crippen LogP contribution in [0.3, 0.4) is 0 Å². The van der Waals surface area contributed by atoms with Gasteiger partial charge in [-0.1, -0.05) is 12.1 Å². The van der Waals surface area contributed by atoms with E-state index >= 15 is 0 Å². The molecule has 23 heavy (non-hydrogen) atoms. The zero-order valence-electron chi connectivity index (χ0n) is 13.1. The highest BCUT2D eigenvalue weighted by Crippen LogP contribution is 2.14. The number of carbonyl (C=O) groups excluding carboxylic acids is 2. The van der Waals surface area contributed by atoms with Gasteiger partial charge in [0, 0.05) is 29.7 Å². The first-order valence-electron chi connectivity index (χ1n) is 7.26. The Kier molecular flexibility index (Phi) is 6.06. The van der Waals surface area contributed by atoms with E-state index in [4.69, 9.17) is 12.2 Å². The fraction of sp³-hybridized carbons (Fsp3) is 0.312. The molecule has 0 radical (unpaired) electrons. The lowest BCUT2D eigenvalue weighted by Crippen LogP contribution is -2.27. The fourth-order valence-corrected chi connectivity index (χ4v) is 3.46. The summed E-state index contributed by atoms with van der Waals surface area (Å²) in [5, 5.41) is 5.50. The van der Waals surface area contributed by atoms with Gasteiger partial charge < -0.3 is 15.6 Å². The lowest BCUT2D eigenvalue weighted by Gasteiger charge is -2.06. The maximum atomic E-state index is 12.0. The molecule has 0 bridgehead atoms. The molecule has 2 rings (SSSR count). The van der Waals surface area contributed by atoms with Crippen LogP contribution in [0.15, 0.2) is 24.3 Å². The second kappa shape index (κ2) is 8.03. The molecular formula is C16H19N3O2S2. The van der Waals surface area contributed by atoms with E-state index in [9.17, 15) is 9.59 Å². The lowest BCUT2D eigenvalue weighted by atomic mass is 10.1. The highest BCUT2D eigenvalue weighted by atomic mass is 32.1. The van der Waals surface area contributed by atoms with Crippen molar-refractivity contribution in [1.29, 1.82) is 0 Å². The van der Waals surface area contributed by atoms with Crippen LogP contribution in [-0.4, -0.2) is 30.4 Å². The molecule has 2 amide bonds. The van der Waals surface area contributed by atoms with Gasteiger partial charge in [0.2, 0.25) is 5.91 Å². The number of carbonyl (C=O) groups is 2. The average molecular weight is 349 g/mol. The third-order valence-corrected chi connectivity index (χ3v) is 4.73. The van der Waals surface area contributed by atoms with Crippen LogP contribution in [0.4, 0.5) is 0 Å². The van der Waals surface area contributed by atoms with Crippen LogP contribution in [0.2, 0.25) is 0 Å². The third-order valence-electron chi connectivity index (χ3n) is 3.40. The molecule has 0 atom stereocenters. The summed E-state index contributed by atoms with van der Waals surface area (Å²) in [7, 11) is 1.60. The molecular weight excluding hydrogens is 330 g/mol. The van der Waals surface area contributed by atoms with E-state index in [-0.39, 0.29) is 11.8 Å². The van der Waals surface area contributed by atoms with Crippen LogP contribution < -0.4 is 10.6 Å². The SMILES string of the molecule is CNC(=O)c1cccc(CCNC(=O)Cc2sc(=S)[nH]c2C)c1. The molecule has 0 aliphatic carbocycles. The predicted octanol–water partition coefficient (Wildman–Crippen LogP) is 2.38. The van der Waals surface area contributed by atoms with E-state index in [1.165, 1.54) is 11.3 Å². The minimum Gasteiger partial charge on any atom is -0.355 e. The molecule has 0 saturated heterocycles. The Labute approximate surface area is 144 Å². The van der Waals surface area contributed by atoms with E-state index in [1.54, 1.807) is 13.1 Å². The molecule has 0 aliphatic rings. The van der Waals surface area contributed by atoms with Gasteiger partial charge in [-0.05, 0) is 43.3 Å². The molecule has 0 saturated carbocycles. The molecule has 0 spiro atoms. The molecule has 0 aliphatic heterocycles. The standard InChI is InChI=1S/C16H19N3O2S2/c1-10-13(23-16(22)19-10)9-14(20)18-7-6-11-4-3-5-12(8-11)15(21)17-2/h3-5,8H,6-7,9H2,1-2H3,(H,17,21)(H,18,20)(H,19,22). The molecule has 0 fully saturated rings. The summed E-state index contributed by atoms with van der Waals surface area (Å²) in [6.45, 7) is 2.45. The van der Waals surface area contributed by atoms with Crippen molar-refractivity contribution in [2.45, 2.75) is 19.8 Å². The Morgan fingerprint density at radius 1 is 1.35 bits per heavy atom. The van der Waals surface area contributed by atoms with Crippen molar-refractivity contribution in [2.75, 3.05) is 13.6 Å². The summed E-state index contributed by atoms with van der Waals surface area (Å²) >= 11 is 6.50. The minimum atomic E-state index is -0.111. The van der Waals surface area contributed by atoms with E-state index in [0.717, 1.165) is 16.1 Å². The van der Waals surface area contributed by atoms with Crippen LogP contribution in [0, 0.1) is 10.9 Å². The summed E-state index contributed by atoms with van der Waals surface area (Å²) in [6, 6.07) is 7.40. The Morgan fingerprint density at radius 2 is 2.13 bits per heavy atom. The second-order valence-electron chi connectivity index (χ2n) is 5.12. The maximum absolute atomic E-state index is 12.0. The number of hydrogen-bond acceptors (Lipinski definition) is 4. The molecule has 0 unspecified atom stereocenters. The summed E-state index contributed by atoms with van der Waals surface area (Å²) in [4.78, 5) is 27.6. The third kappa shape index (κ3) is 5.01.